The fourth-order valence-electron chi connectivity index (χ4n) is 4.16. The van der Waals surface area contributed by atoms with Crippen molar-refractivity contribution < 1.29 is 18.3 Å². The number of halogens is 3. The molecule has 30 heavy (non-hydrogen) atoms. The number of carbonyl (C=O) groups excluding carboxylic acids is 1. The van der Waals surface area contributed by atoms with Crippen LogP contribution in [0.3, 0.4) is 0 Å². The number of rotatable bonds is 2. The molecule has 2 aliphatic heterocycles. The first-order chi connectivity index (χ1) is 14.0. The van der Waals surface area contributed by atoms with Crippen LogP contribution in [0.2, 0.25) is 0 Å². The van der Waals surface area contributed by atoms with E-state index in [2.05, 4.69) is 44.8 Å². The molecule has 2 aliphatic rings. The van der Waals surface area contributed by atoms with E-state index in [1.165, 1.54) is 0 Å². The van der Waals surface area contributed by atoms with Gasteiger partial charge in [0.1, 0.15) is 5.60 Å². The number of hydrogen-bond acceptors (Lipinski definition) is 4. The Morgan fingerprint density at radius 1 is 1.20 bits per heavy atom. The maximum absolute atomic E-state index is 14.2. The lowest BCUT2D eigenvalue weighted by Gasteiger charge is -2.31. The Balaban J connectivity index is 1.51. The van der Waals surface area contributed by atoms with Crippen LogP contribution in [0.15, 0.2) is 40.9 Å². The van der Waals surface area contributed by atoms with E-state index in [1.54, 1.807) is 20.8 Å². The molecule has 0 aliphatic carbocycles. The first kappa shape index (κ1) is 21.5. The second-order valence-corrected chi connectivity index (χ2v) is 10.0. The van der Waals surface area contributed by atoms with Crippen LogP contribution >= 0.6 is 15.9 Å². The van der Waals surface area contributed by atoms with Gasteiger partial charge in [-0.15, -0.1) is 0 Å². The molecule has 3 atom stereocenters. The molecule has 162 valence electrons. The number of carbonyl (C=O) groups is 1. The van der Waals surface area contributed by atoms with E-state index >= 15 is 0 Å². The van der Waals surface area contributed by atoms with Gasteiger partial charge in [0.2, 0.25) is 0 Å². The summed E-state index contributed by atoms with van der Waals surface area (Å²) in [6.07, 6.45) is -1.53. The summed E-state index contributed by atoms with van der Waals surface area (Å²) < 4.78 is 34.8. The molecule has 1 amide bonds. The largest absolute Gasteiger partial charge is 0.444 e. The van der Waals surface area contributed by atoms with Gasteiger partial charge in [0.25, 0.3) is 5.92 Å². The zero-order valence-corrected chi connectivity index (χ0v) is 18.8. The molecule has 4 rings (SSSR count). The average Bonchev–Trinajstić information content (AvgIpc) is 3.24. The maximum atomic E-state index is 14.2. The predicted octanol–water partition coefficient (Wildman–Crippen LogP) is 4.81. The summed E-state index contributed by atoms with van der Waals surface area (Å²) in [6.45, 7) is 5.16. The van der Waals surface area contributed by atoms with Gasteiger partial charge in [0.15, 0.2) is 0 Å². The first-order valence-electron chi connectivity index (χ1n) is 10.1. The summed E-state index contributed by atoms with van der Waals surface area (Å²) >= 11 is 3.48. The molecule has 2 unspecified atom stereocenters. The van der Waals surface area contributed by atoms with Crippen molar-refractivity contribution in [3.05, 3.63) is 46.4 Å². The minimum atomic E-state index is -2.93. The second kappa shape index (κ2) is 7.73. The highest BCUT2D eigenvalue weighted by molar-refractivity contribution is 9.10. The highest BCUT2D eigenvalue weighted by atomic mass is 79.9. The van der Waals surface area contributed by atoms with E-state index in [0.29, 0.717) is 6.54 Å². The number of likely N-dealkylation sites (tertiary alicyclic amines) is 1. The molecule has 2 aromatic carbocycles. The molecule has 2 saturated heterocycles. The van der Waals surface area contributed by atoms with Crippen LogP contribution < -0.4 is 10.6 Å². The maximum Gasteiger partial charge on any atom is 0.410 e. The Morgan fingerprint density at radius 2 is 1.90 bits per heavy atom. The lowest BCUT2D eigenvalue weighted by Crippen LogP contribution is -2.52. The monoisotopic (exact) mass is 481 g/mol. The van der Waals surface area contributed by atoms with Crippen LogP contribution in [0, 0.1) is 0 Å². The van der Waals surface area contributed by atoms with Crippen LogP contribution in [-0.2, 0) is 4.74 Å². The van der Waals surface area contributed by atoms with E-state index in [9.17, 15) is 13.6 Å². The zero-order chi connectivity index (χ0) is 21.7. The summed E-state index contributed by atoms with van der Waals surface area (Å²) in [7, 11) is 0. The molecule has 0 spiro atoms. The van der Waals surface area contributed by atoms with Gasteiger partial charge in [0, 0.05) is 23.5 Å². The van der Waals surface area contributed by atoms with Crippen LogP contribution in [0.25, 0.3) is 10.8 Å². The fourth-order valence-corrected chi connectivity index (χ4v) is 4.54. The highest BCUT2D eigenvalue weighted by Gasteiger charge is 2.52. The third kappa shape index (κ3) is 4.60. The van der Waals surface area contributed by atoms with Crippen molar-refractivity contribution in [3.63, 3.8) is 0 Å². The van der Waals surface area contributed by atoms with Gasteiger partial charge in [0.05, 0.1) is 18.8 Å². The van der Waals surface area contributed by atoms with E-state index in [1.807, 2.05) is 18.2 Å². The van der Waals surface area contributed by atoms with Gasteiger partial charge in [-0.05, 0) is 55.3 Å². The van der Waals surface area contributed by atoms with Crippen molar-refractivity contribution >= 4 is 32.8 Å². The van der Waals surface area contributed by atoms with Gasteiger partial charge in [-0.2, -0.15) is 0 Å². The molecule has 2 N–H and O–H groups in total. The van der Waals surface area contributed by atoms with E-state index in [0.717, 1.165) is 25.7 Å². The zero-order valence-electron chi connectivity index (χ0n) is 17.2. The van der Waals surface area contributed by atoms with Gasteiger partial charge >= 0.3 is 6.09 Å². The number of nitrogens with zero attached hydrogens (tertiary/aromatic N) is 1. The van der Waals surface area contributed by atoms with Gasteiger partial charge in [-0.1, -0.05) is 34.1 Å². The Labute approximate surface area is 183 Å². The first-order valence-corrected chi connectivity index (χ1v) is 10.9. The van der Waals surface area contributed by atoms with Crippen molar-refractivity contribution in [2.24, 2.45) is 0 Å². The Bertz CT molecular complexity index is 963. The minimum Gasteiger partial charge on any atom is -0.444 e. The van der Waals surface area contributed by atoms with E-state index in [4.69, 9.17) is 4.74 Å². The Morgan fingerprint density at radius 3 is 2.63 bits per heavy atom. The number of amides is 1. The van der Waals surface area contributed by atoms with Crippen molar-refractivity contribution in [2.45, 2.75) is 57.0 Å². The molecule has 2 heterocycles. The topological polar surface area (TPSA) is 53.6 Å². The Hall–Kier alpha value is -1.77. The predicted molar refractivity (Wildman–Crippen MR) is 116 cm³/mol. The second-order valence-electron chi connectivity index (χ2n) is 9.09. The van der Waals surface area contributed by atoms with Crippen LogP contribution in [0.4, 0.5) is 13.6 Å². The molecule has 8 heteroatoms. The number of alkyl halides is 2. The van der Waals surface area contributed by atoms with Crippen LogP contribution in [-0.4, -0.2) is 47.8 Å². The van der Waals surface area contributed by atoms with Gasteiger partial charge in [-0.25, -0.2) is 13.6 Å². The lowest BCUT2D eigenvalue weighted by atomic mass is 10.0. The van der Waals surface area contributed by atoms with Crippen molar-refractivity contribution in [1.82, 2.24) is 15.5 Å². The SMILES string of the molecule is CC(C)(C)OC(=O)N1CC(F)(F)C[C@H]1C1NCC(c2ccc3cc(Br)ccc3c2)N1. The molecule has 2 aromatic rings. The quantitative estimate of drug-likeness (QED) is 0.646. The third-order valence-corrected chi connectivity index (χ3v) is 5.97. The summed E-state index contributed by atoms with van der Waals surface area (Å²) in [5.41, 5.74) is 0.340. The van der Waals surface area contributed by atoms with Crippen molar-refractivity contribution in [2.75, 3.05) is 13.1 Å². The molecule has 0 aromatic heterocycles. The van der Waals surface area contributed by atoms with Gasteiger partial charge < -0.3 is 4.74 Å². The van der Waals surface area contributed by atoms with Crippen molar-refractivity contribution in [3.8, 4) is 0 Å². The molecule has 0 bridgehead atoms. The number of fused-ring (bicyclic) bond motifs is 1. The van der Waals surface area contributed by atoms with Crippen LogP contribution in [0.5, 0.6) is 0 Å². The molecule has 5 nitrogen and oxygen atoms in total. The van der Waals surface area contributed by atoms with Crippen LogP contribution in [0.1, 0.15) is 38.8 Å². The molecule has 0 saturated carbocycles. The standard InChI is InChI=1S/C22H26BrF2N3O2/c1-21(2,3)30-20(29)28-12-22(24,25)10-18(28)19-26-11-17(27-19)15-5-4-14-9-16(23)7-6-13(14)8-15/h4-9,17-19,26-27H,10-12H2,1-3H3/t17?,18-,19?/m0/s1. The highest BCUT2D eigenvalue weighted by Crippen LogP contribution is 2.36. The van der Waals surface area contributed by atoms with Crippen molar-refractivity contribution in [1.29, 1.82) is 0 Å². The smallest absolute Gasteiger partial charge is 0.410 e. The summed E-state index contributed by atoms with van der Waals surface area (Å²) in [5.74, 6) is -2.93. The Kier molecular flexibility index (Phi) is 5.53. The average molecular weight is 482 g/mol. The molecule has 2 fully saturated rings. The normalized spacial score (nSPS) is 26.3. The lowest BCUT2D eigenvalue weighted by molar-refractivity contribution is -0.00270. The van der Waals surface area contributed by atoms with E-state index < -0.39 is 42.8 Å². The minimum absolute atomic E-state index is 0.0299. The number of ether oxygens (including phenoxy) is 1. The fraction of sp³-hybridized carbons (Fsp3) is 0.500. The van der Waals surface area contributed by atoms with Gasteiger partial charge in [-0.3, -0.25) is 15.5 Å². The molecule has 0 radical (unpaired) electrons. The molecular weight excluding hydrogens is 456 g/mol. The number of nitrogens with one attached hydrogen (secondary N) is 2. The summed E-state index contributed by atoms with van der Waals surface area (Å²) in [4.78, 5) is 13.7. The van der Waals surface area contributed by atoms with E-state index in [-0.39, 0.29) is 6.04 Å². The molecular formula is C22H26BrF2N3O2. The summed E-state index contributed by atoms with van der Waals surface area (Å²) in [5, 5.41) is 8.94. The third-order valence-electron chi connectivity index (χ3n) is 5.47. The number of hydrogen-bond donors (Lipinski definition) is 2. The summed E-state index contributed by atoms with van der Waals surface area (Å²) in [6, 6.07) is 11.6. The number of benzene rings is 2.